The van der Waals surface area contributed by atoms with E-state index in [1.807, 2.05) is 36.4 Å². The number of hydrogen-bond donors (Lipinski definition) is 2. The Morgan fingerprint density at radius 2 is 2.00 bits per heavy atom. The molecule has 0 radical (unpaired) electrons. The average molecular weight is 350 g/mol. The van der Waals surface area contributed by atoms with Gasteiger partial charge in [0.1, 0.15) is 0 Å². The van der Waals surface area contributed by atoms with E-state index < -0.39 is 5.97 Å². The fourth-order valence-electron chi connectivity index (χ4n) is 3.03. The van der Waals surface area contributed by atoms with E-state index in [0.717, 1.165) is 21.7 Å². The first-order chi connectivity index (χ1) is 12.1. The Hall–Kier alpha value is -2.99. The van der Waals surface area contributed by atoms with Gasteiger partial charge >= 0.3 is 5.97 Å². The zero-order valence-electron chi connectivity index (χ0n) is 13.4. The van der Waals surface area contributed by atoms with Crippen molar-refractivity contribution in [2.45, 2.75) is 6.92 Å². The summed E-state index contributed by atoms with van der Waals surface area (Å²) in [5, 5.41) is 12.9. The van der Waals surface area contributed by atoms with Crippen molar-refractivity contribution >= 4 is 49.1 Å². The Bertz CT molecular complexity index is 1270. The Balaban J connectivity index is 2.14. The molecule has 0 aliphatic heterocycles. The van der Waals surface area contributed by atoms with E-state index in [1.54, 1.807) is 12.3 Å². The van der Waals surface area contributed by atoms with Gasteiger partial charge in [-0.2, -0.15) is 0 Å². The summed E-state index contributed by atoms with van der Waals surface area (Å²) in [5.74, 6) is -0.580. The summed E-state index contributed by atoms with van der Waals surface area (Å²) in [4.78, 5) is 27.6. The van der Waals surface area contributed by atoms with Gasteiger partial charge in [0, 0.05) is 16.2 Å². The molecule has 124 valence electrons. The van der Waals surface area contributed by atoms with Crippen LogP contribution in [0, 0.1) is 5.41 Å². The number of carbonyl (C=O) groups is 1. The standard InChI is InChI=1S/C19H14N2O3S/c1-2-24-19(23)13-9-25-17-12-8-7-10-5-3-4-6-11(10)16(12)21-18(22)14(17)15(13)20/h3-9,20H,2H2,1H3,(H,21,22). The maximum absolute atomic E-state index is 12.7. The first-order valence-electron chi connectivity index (χ1n) is 7.82. The zero-order chi connectivity index (χ0) is 17.6. The van der Waals surface area contributed by atoms with Crippen LogP contribution in [0.4, 0.5) is 0 Å². The van der Waals surface area contributed by atoms with Crippen LogP contribution in [0.1, 0.15) is 17.3 Å². The number of aromatic amines is 1. The number of pyridine rings is 1. The lowest BCUT2D eigenvalue weighted by Gasteiger charge is -2.08. The summed E-state index contributed by atoms with van der Waals surface area (Å²) < 4.78 is 5.67. The molecule has 0 aliphatic carbocycles. The first-order valence-corrected chi connectivity index (χ1v) is 8.70. The molecule has 6 heteroatoms. The SMILES string of the molecule is CCOC(=O)c1csc2c(c(=O)[nH]c3c4ccccc4ccc32)c1=N. The van der Waals surface area contributed by atoms with Crippen molar-refractivity contribution in [1.29, 1.82) is 5.41 Å². The van der Waals surface area contributed by atoms with Gasteiger partial charge in [-0.3, -0.25) is 10.2 Å². The van der Waals surface area contributed by atoms with Crippen LogP contribution < -0.4 is 10.9 Å². The van der Waals surface area contributed by atoms with Crippen LogP contribution in [0.3, 0.4) is 0 Å². The van der Waals surface area contributed by atoms with Gasteiger partial charge in [-0.25, -0.2) is 4.79 Å². The lowest BCUT2D eigenvalue weighted by Crippen LogP contribution is -2.22. The van der Waals surface area contributed by atoms with Gasteiger partial charge < -0.3 is 9.72 Å². The van der Waals surface area contributed by atoms with Gasteiger partial charge in [0.15, 0.2) is 0 Å². The number of fused-ring (bicyclic) bond motifs is 5. The Morgan fingerprint density at radius 3 is 2.80 bits per heavy atom. The molecule has 2 aromatic heterocycles. The molecule has 0 aliphatic rings. The smallest absolute Gasteiger partial charge is 0.341 e. The average Bonchev–Trinajstić information content (AvgIpc) is 2.61. The predicted octanol–water partition coefficient (Wildman–Crippen LogP) is 3.55. The molecule has 25 heavy (non-hydrogen) atoms. The molecule has 0 atom stereocenters. The molecule has 2 heterocycles. The minimum atomic E-state index is -0.580. The third kappa shape index (κ3) is 2.34. The summed E-state index contributed by atoms with van der Waals surface area (Å²) in [6.45, 7) is 1.93. The molecule has 0 amide bonds. The number of H-pyrrole nitrogens is 1. The molecule has 2 N–H and O–H groups in total. The fraction of sp³-hybridized carbons (Fsp3) is 0.105. The molecule has 5 nitrogen and oxygen atoms in total. The third-order valence-corrected chi connectivity index (χ3v) is 5.19. The number of benzene rings is 2. The Morgan fingerprint density at radius 1 is 1.20 bits per heavy atom. The van der Waals surface area contributed by atoms with Crippen molar-refractivity contribution in [3.63, 3.8) is 0 Å². The number of hydrogen-bond acceptors (Lipinski definition) is 5. The number of rotatable bonds is 2. The van der Waals surface area contributed by atoms with Gasteiger partial charge in [0.2, 0.25) is 0 Å². The Kier molecular flexibility index (Phi) is 3.62. The first kappa shape index (κ1) is 15.5. The monoisotopic (exact) mass is 350 g/mol. The van der Waals surface area contributed by atoms with E-state index in [4.69, 9.17) is 10.1 Å². The predicted molar refractivity (Wildman–Crippen MR) is 99.3 cm³/mol. The maximum atomic E-state index is 12.7. The normalized spacial score (nSPS) is 11.2. The largest absolute Gasteiger partial charge is 0.462 e. The van der Waals surface area contributed by atoms with Crippen molar-refractivity contribution < 1.29 is 9.53 Å². The van der Waals surface area contributed by atoms with Crippen molar-refractivity contribution in [3.8, 4) is 0 Å². The summed E-state index contributed by atoms with van der Waals surface area (Å²) in [6, 6.07) is 11.7. The molecule has 4 aromatic rings. The van der Waals surface area contributed by atoms with Crippen molar-refractivity contribution in [2.24, 2.45) is 0 Å². The Labute approximate surface area is 146 Å². The van der Waals surface area contributed by atoms with E-state index in [-0.39, 0.29) is 28.5 Å². The number of aromatic nitrogens is 1. The second-order valence-electron chi connectivity index (χ2n) is 5.61. The van der Waals surface area contributed by atoms with E-state index in [1.165, 1.54) is 11.3 Å². The molecule has 0 saturated heterocycles. The van der Waals surface area contributed by atoms with E-state index in [0.29, 0.717) is 4.70 Å². The van der Waals surface area contributed by atoms with Crippen LogP contribution >= 0.6 is 11.3 Å². The zero-order valence-corrected chi connectivity index (χ0v) is 14.2. The lowest BCUT2D eigenvalue weighted by molar-refractivity contribution is 0.0525. The van der Waals surface area contributed by atoms with Crippen LogP contribution in [-0.2, 0) is 4.74 Å². The highest BCUT2D eigenvalue weighted by Crippen LogP contribution is 2.29. The molecule has 4 rings (SSSR count). The van der Waals surface area contributed by atoms with E-state index in [2.05, 4.69) is 4.98 Å². The lowest BCUT2D eigenvalue weighted by atomic mass is 10.0. The maximum Gasteiger partial charge on any atom is 0.341 e. The van der Waals surface area contributed by atoms with Gasteiger partial charge in [-0.05, 0) is 12.3 Å². The molecular formula is C19H14N2O3S. The van der Waals surface area contributed by atoms with Crippen LogP contribution in [-0.4, -0.2) is 17.6 Å². The second kappa shape index (κ2) is 5.82. The van der Waals surface area contributed by atoms with Gasteiger partial charge in [0.05, 0.1) is 33.1 Å². The number of nitrogens with one attached hydrogen (secondary N) is 2. The minimum Gasteiger partial charge on any atom is -0.462 e. The fourth-order valence-corrected chi connectivity index (χ4v) is 4.09. The summed E-state index contributed by atoms with van der Waals surface area (Å²) >= 11 is 1.28. The minimum absolute atomic E-state index is 0.0940. The van der Waals surface area contributed by atoms with Crippen LogP contribution in [0.5, 0.6) is 0 Å². The highest BCUT2D eigenvalue weighted by molar-refractivity contribution is 7.17. The molecule has 2 aromatic carbocycles. The molecule has 0 spiro atoms. The summed E-state index contributed by atoms with van der Waals surface area (Å²) in [6.07, 6.45) is 0. The molecular weight excluding hydrogens is 336 g/mol. The quantitative estimate of drug-likeness (QED) is 0.428. The number of carbonyl (C=O) groups excluding carboxylic acids is 1. The van der Waals surface area contributed by atoms with Crippen LogP contribution in [0.2, 0.25) is 0 Å². The number of ether oxygens (including phenoxy) is 1. The third-order valence-electron chi connectivity index (χ3n) is 4.18. The summed E-state index contributed by atoms with van der Waals surface area (Å²) in [7, 11) is 0. The molecule has 0 bridgehead atoms. The molecule has 0 fully saturated rings. The van der Waals surface area contributed by atoms with Crippen molar-refractivity contribution in [3.05, 3.63) is 63.1 Å². The van der Waals surface area contributed by atoms with Gasteiger partial charge in [-0.15, -0.1) is 11.3 Å². The van der Waals surface area contributed by atoms with Crippen molar-refractivity contribution in [2.75, 3.05) is 6.61 Å². The van der Waals surface area contributed by atoms with Crippen molar-refractivity contribution in [1.82, 2.24) is 4.98 Å². The highest BCUT2D eigenvalue weighted by Gasteiger charge is 2.16. The van der Waals surface area contributed by atoms with Gasteiger partial charge in [0.25, 0.3) is 5.56 Å². The molecule has 0 saturated carbocycles. The number of esters is 1. The summed E-state index contributed by atoms with van der Waals surface area (Å²) in [5.41, 5.74) is 0.492. The van der Waals surface area contributed by atoms with Crippen LogP contribution in [0.15, 0.2) is 46.6 Å². The van der Waals surface area contributed by atoms with Crippen LogP contribution in [0.25, 0.3) is 31.8 Å². The second-order valence-corrected chi connectivity index (χ2v) is 6.49. The van der Waals surface area contributed by atoms with E-state index >= 15 is 0 Å². The topological polar surface area (TPSA) is 83.0 Å². The highest BCUT2D eigenvalue weighted by atomic mass is 32.1. The van der Waals surface area contributed by atoms with Gasteiger partial charge in [-0.1, -0.05) is 36.4 Å². The molecule has 0 unspecified atom stereocenters. The van der Waals surface area contributed by atoms with E-state index in [9.17, 15) is 9.59 Å².